The normalized spacial score (nSPS) is 12.4. The lowest BCUT2D eigenvalue weighted by Crippen LogP contribution is -2.49. The molecule has 0 aromatic heterocycles. The van der Waals surface area contributed by atoms with Gasteiger partial charge in [0.1, 0.15) is 0 Å². The summed E-state index contributed by atoms with van der Waals surface area (Å²) in [7, 11) is 0. The van der Waals surface area contributed by atoms with Crippen LogP contribution in [0.15, 0.2) is 30.3 Å². The van der Waals surface area contributed by atoms with Crippen LogP contribution < -0.4 is 0 Å². The van der Waals surface area contributed by atoms with Gasteiger partial charge in [0, 0.05) is 26.4 Å². The topological polar surface area (TPSA) is 63.2 Å². The highest BCUT2D eigenvalue weighted by atomic mass is 16.8. The molecule has 0 radical (unpaired) electrons. The molecule has 1 atom stereocenters. The van der Waals surface area contributed by atoms with Crippen LogP contribution in [0.4, 0.5) is 0 Å². The predicted octanol–water partition coefficient (Wildman–Crippen LogP) is 3.40. The molecule has 1 rings (SSSR count). The zero-order chi connectivity index (χ0) is 20.1. The van der Waals surface area contributed by atoms with Crippen molar-refractivity contribution in [2.24, 2.45) is 0 Å². The van der Waals surface area contributed by atoms with Crippen LogP contribution in [-0.4, -0.2) is 50.6 Å². The van der Waals surface area contributed by atoms with E-state index in [4.69, 9.17) is 23.7 Å². The standard InChI is InChI=1S/C21H30O6/c1-6-23-20(24-7-2)21(25-8-3,26-9-4)16-15-17(5)27-19(22)18-13-11-10-12-14-18/h10-14,17,20H,6-9H2,1-5H3. The molecule has 6 heteroatoms. The summed E-state index contributed by atoms with van der Waals surface area (Å²) >= 11 is 0. The Bertz CT molecular complexity index is 592. The van der Waals surface area contributed by atoms with Gasteiger partial charge in [0.05, 0.1) is 5.56 Å². The Morgan fingerprint density at radius 2 is 1.52 bits per heavy atom. The Morgan fingerprint density at radius 3 is 2.00 bits per heavy atom. The number of hydrogen-bond donors (Lipinski definition) is 0. The Hall–Kier alpha value is -1.91. The number of carbonyl (C=O) groups is 1. The average molecular weight is 378 g/mol. The minimum atomic E-state index is -1.40. The van der Waals surface area contributed by atoms with Crippen LogP contribution in [0.5, 0.6) is 0 Å². The molecule has 0 aliphatic rings. The van der Waals surface area contributed by atoms with Crippen LogP contribution in [0.1, 0.15) is 45.0 Å². The SMILES string of the molecule is CCOC(OCC)C(C#CC(C)OC(=O)c1ccccc1)(OCC)OCC. The molecule has 27 heavy (non-hydrogen) atoms. The summed E-state index contributed by atoms with van der Waals surface area (Å²) in [5, 5.41) is 0. The van der Waals surface area contributed by atoms with Gasteiger partial charge in [-0.05, 0) is 52.7 Å². The van der Waals surface area contributed by atoms with Crippen LogP contribution in [0.3, 0.4) is 0 Å². The van der Waals surface area contributed by atoms with Gasteiger partial charge in [-0.1, -0.05) is 24.1 Å². The third kappa shape index (κ3) is 7.31. The second-order valence-corrected chi connectivity index (χ2v) is 5.46. The second-order valence-electron chi connectivity index (χ2n) is 5.46. The highest BCUT2D eigenvalue weighted by molar-refractivity contribution is 5.89. The van der Waals surface area contributed by atoms with Crippen LogP contribution in [-0.2, 0) is 23.7 Å². The van der Waals surface area contributed by atoms with Crippen LogP contribution in [0, 0.1) is 11.8 Å². The Labute approximate surface area is 162 Å². The number of ether oxygens (including phenoxy) is 5. The first-order chi connectivity index (χ1) is 13.0. The van der Waals surface area contributed by atoms with E-state index in [0.717, 1.165) is 0 Å². The molecule has 0 fully saturated rings. The maximum absolute atomic E-state index is 12.2. The van der Waals surface area contributed by atoms with Gasteiger partial charge in [0.15, 0.2) is 6.10 Å². The van der Waals surface area contributed by atoms with Gasteiger partial charge in [-0.3, -0.25) is 0 Å². The van der Waals surface area contributed by atoms with Crippen molar-refractivity contribution in [2.45, 2.75) is 52.8 Å². The van der Waals surface area contributed by atoms with E-state index >= 15 is 0 Å². The van der Waals surface area contributed by atoms with E-state index in [9.17, 15) is 4.79 Å². The zero-order valence-electron chi connectivity index (χ0n) is 16.8. The summed E-state index contributed by atoms with van der Waals surface area (Å²) in [6.45, 7) is 10.6. The quantitative estimate of drug-likeness (QED) is 0.334. The van der Waals surface area contributed by atoms with Crippen molar-refractivity contribution in [2.75, 3.05) is 26.4 Å². The van der Waals surface area contributed by atoms with Gasteiger partial charge in [0.2, 0.25) is 6.29 Å². The van der Waals surface area contributed by atoms with Crippen LogP contribution in [0.2, 0.25) is 0 Å². The molecule has 1 unspecified atom stereocenters. The van der Waals surface area contributed by atoms with Crippen molar-refractivity contribution in [1.82, 2.24) is 0 Å². The third-order valence-corrected chi connectivity index (χ3v) is 3.41. The maximum Gasteiger partial charge on any atom is 0.339 e. The molecule has 0 aliphatic heterocycles. The summed E-state index contributed by atoms with van der Waals surface area (Å²) in [4.78, 5) is 12.2. The molecule has 1 aromatic carbocycles. The molecule has 1 aromatic rings. The first-order valence-electron chi connectivity index (χ1n) is 9.32. The fourth-order valence-corrected chi connectivity index (χ4v) is 2.34. The van der Waals surface area contributed by atoms with E-state index in [1.165, 1.54) is 0 Å². The molecule has 150 valence electrons. The Balaban J connectivity index is 3.01. The van der Waals surface area contributed by atoms with E-state index in [2.05, 4.69) is 11.8 Å². The van der Waals surface area contributed by atoms with Gasteiger partial charge >= 0.3 is 5.97 Å². The van der Waals surface area contributed by atoms with E-state index in [0.29, 0.717) is 32.0 Å². The van der Waals surface area contributed by atoms with Crippen molar-refractivity contribution in [3.05, 3.63) is 35.9 Å². The first-order valence-corrected chi connectivity index (χ1v) is 9.32. The Morgan fingerprint density at radius 1 is 0.963 bits per heavy atom. The summed E-state index contributed by atoms with van der Waals surface area (Å²) < 4.78 is 28.3. The molecule has 0 spiro atoms. The largest absolute Gasteiger partial charge is 0.446 e. The van der Waals surface area contributed by atoms with Crippen molar-refractivity contribution in [3.63, 3.8) is 0 Å². The smallest absolute Gasteiger partial charge is 0.339 e. The first kappa shape index (κ1) is 23.1. The Kier molecular flexibility index (Phi) is 10.7. The molecular weight excluding hydrogens is 348 g/mol. The third-order valence-electron chi connectivity index (χ3n) is 3.41. The minimum Gasteiger partial charge on any atom is -0.446 e. The van der Waals surface area contributed by atoms with Gasteiger partial charge in [-0.2, -0.15) is 0 Å². The fraction of sp³-hybridized carbons (Fsp3) is 0.571. The highest BCUT2D eigenvalue weighted by Crippen LogP contribution is 2.22. The average Bonchev–Trinajstić information content (AvgIpc) is 2.67. The van der Waals surface area contributed by atoms with E-state index < -0.39 is 24.2 Å². The van der Waals surface area contributed by atoms with Crippen LogP contribution in [0.25, 0.3) is 0 Å². The van der Waals surface area contributed by atoms with Crippen molar-refractivity contribution in [3.8, 4) is 11.8 Å². The number of benzene rings is 1. The lowest BCUT2D eigenvalue weighted by atomic mass is 10.2. The summed E-state index contributed by atoms with van der Waals surface area (Å²) in [6, 6.07) is 8.76. The summed E-state index contributed by atoms with van der Waals surface area (Å²) in [6.07, 6.45) is -1.49. The minimum absolute atomic E-state index is 0.351. The molecular formula is C21H30O6. The van der Waals surface area contributed by atoms with E-state index in [1.54, 1.807) is 31.2 Å². The molecule has 0 aliphatic carbocycles. The predicted molar refractivity (Wildman–Crippen MR) is 102 cm³/mol. The molecule has 0 N–H and O–H groups in total. The second kappa shape index (κ2) is 12.5. The highest BCUT2D eigenvalue weighted by Gasteiger charge is 2.41. The monoisotopic (exact) mass is 378 g/mol. The summed E-state index contributed by atoms with van der Waals surface area (Å²) in [5.74, 6) is 3.99. The molecule has 0 saturated carbocycles. The number of hydrogen-bond acceptors (Lipinski definition) is 6. The van der Waals surface area contributed by atoms with E-state index in [1.807, 2.05) is 33.8 Å². The molecule has 6 nitrogen and oxygen atoms in total. The van der Waals surface area contributed by atoms with Crippen molar-refractivity contribution < 1.29 is 28.5 Å². The maximum atomic E-state index is 12.2. The zero-order valence-corrected chi connectivity index (χ0v) is 16.8. The van der Waals surface area contributed by atoms with Gasteiger partial charge in [-0.15, -0.1) is 0 Å². The number of rotatable bonds is 11. The van der Waals surface area contributed by atoms with Crippen LogP contribution >= 0.6 is 0 Å². The molecule has 0 saturated heterocycles. The number of esters is 1. The van der Waals surface area contributed by atoms with Crippen molar-refractivity contribution >= 4 is 5.97 Å². The summed E-state index contributed by atoms with van der Waals surface area (Å²) in [5.41, 5.74) is 0.466. The van der Waals surface area contributed by atoms with Gasteiger partial charge in [0.25, 0.3) is 5.79 Å². The lowest BCUT2D eigenvalue weighted by Gasteiger charge is -2.34. The molecule has 0 bridgehead atoms. The fourth-order valence-electron chi connectivity index (χ4n) is 2.34. The lowest BCUT2D eigenvalue weighted by molar-refractivity contribution is -0.321. The van der Waals surface area contributed by atoms with Crippen molar-refractivity contribution in [1.29, 1.82) is 0 Å². The van der Waals surface area contributed by atoms with Gasteiger partial charge < -0.3 is 23.7 Å². The van der Waals surface area contributed by atoms with E-state index in [-0.39, 0.29) is 0 Å². The number of carbonyl (C=O) groups excluding carboxylic acids is 1. The molecule has 0 amide bonds. The van der Waals surface area contributed by atoms with Gasteiger partial charge in [-0.25, -0.2) is 4.79 Å². The molecule has 0 heterocycles.